The summed E-state index contributed by atoms with van der Waals surface area (Å²) in [7, 11) is -3.85. The molecule has 8 heteroatoms. The lowest BCUT2D eigenvalue weighted by molar-refractivity contribution is 0.587. The van der Waals surface area contributed by atoms with Crippen LogP contribution < -0.4 is 4.72 Å². The highest BCUT2D eigenvalue weighted by Crippen LogP contribution is 2.26. The van der Waals surface area contributed by atoms with E-state index in [0.29, 0.717) is 23.3 Å². The first-order valence-corrected chi connectivity index (χ1v) is 11.8. The summed E-state index contributed by atoms with van der Waals surface area (Å²) in [6.07, 6.45) is 2.87. The summed E-state index contributed by atoms with van der Waals surface area (Å²) in [5.74, 6) is 0.252. The number of allylic oxidation sites excluding steroid dienone is 1. The third-order valence-electron chi connectivity index (χ3n) is 5.45. The van der Waals surface area contributed by atoms with Crippen molar-refractivity contribution in [2.75, 3.05) is 11.3 Å². The molecule has 0 saturated carbocycles. The van der Waals surface area contributed by atoms with Crippen LogP contribution in [0.1, 0.15) is 50.9 Å². The standard InChI is InChI=1S/C24H25N5O2S/c1-16-11-12-26-20(13-16)21-14-22-17(15-25)5-10-23(29(22)27-21)28-32(30,31)19-8-6-18(7-9-19)24(2,3)4/h5-10,13-14,28H,11-12H2,1-4H3. The molecular weight excluding hydrogens is 422 g/mol. The van der Waals surface area contributed by atoms with Gasteiger partial charge in [-0.25, -0.2) is 12.9 Å². The van der Waals surface area contributed by atoms with Gasteiger partial charge in [0.05, 0.1) is 21.7 Å². The maximum Gasteiger partial charge on any atom is 0.263 e. The van der Waals surface area contributed by atoms with E-state index in [9.17, 15) is 13.7 Å². The zero-order valence-corrected chi connectivity index (χ0v) is 19.4. The highest BCUT2D eigenvalue weighted by Gasteiger charge is 2.21. The molecule has 0 radical (unpaired) electrons. The zero-order chi connectivity index (χ0) is 23.1. The van der Waals surface area contributed by atoms with Gasteiger partial charge in [-0.05, 0) is 60.7 Å². The van der Waals surface area contributed by atoms with E-state index in [2.05, 4.69) is 41.7 Å². The minimum absolute atomic E-state index is 0.0743. The fourth-order valence-electron chi connectivity index (χ4n) is 3.56. The van der Waals surface area contributed by atoms with Crippen molar-refractivity contribution in [3.05, 3.63) is 70.9 Å². The predicted molar refractivity (Wildman–Crippen MR) is 126 cm³/mol. The Labute approximate surface area is 188 Å². The molecule has 1 aromatic carbocycles. The molecule has 0 saturated heterocycles. The van der Waals surface area contributed by atoms with Gasteiger partial charge in [0, 0.05) is 6.54 Å². The average Bonchev–Trinajstić information content (AvgIpc) is 3.19. The third-order valence-corrected chi connectivity index (χ3v) is 6.82. The summed E-state index contributed by atoms with van der Waals surface area (Å²) in [6.45, 7) is 8.94. The molecule has 0 amide bonds. The summed E-state index contributed by atoms with van der Waals surface area (Å²) in [5, 5.41) is 14.1. The molecule has 3 heterocycles. The molecule has 0 fully saturated rings. The second-order valence-corrected chi connectivity index (χ2v) is 10.6. The molecule has 7 nitrogen and oxygen atoms in total. The molecule has 0 spiro atoms. The van der Waals surface area contributed by atoms with Crippen molar-refractivity contribution in [3.8, 4) is 6.07 Å². The van der Waals surface area contributed by atoms with Crippen LogP contribution >= 0.6 is 0 Å². The number of rotatable bonds is 4. The van der Waals surface area contributed by atoms with Crippen LogP contribution in [0.25, 0.3) is 5.52 Å². The van der Waals surface area contributed by atoms with E-state index < -0.39 is 10.0 Å². The minimum atomic E-state index is -3.85. The Hall–Kier alpha value is -3.44. The number of benzene rings is 1. The molecule has 1 aliphatic heterocycles. The maximum absolute atomic E-state index is 13.1. The quantitative estimate of drug-likeness (QED) is 0.639. The zero-order valence-electron chi connectivity index (χ0n) is 18.5. The molecule has 0 bridgehead atoms. The first-order valence-electron chi connectivity index (χ1n) is 10.4. The van der Waals surface area contributed by atoms with Gasteiger partial charge in [-0.15, -0.1) is 0 Å². The van der Waals surface area contributed by atoms with Gasteiger partial charge in [-0.2, -0.15) is 10.4 Å². The number of sulfonamides is 1. The number of hydrogen-bond acceptors (Lipinski definition) is 5. The molecule has 1 N–H and O–H groups in total. The molecule has 0 aliphatic carbocycles. The third kappa shape index (κ3) is 4.16. The van der Waals surface area contributed by atoms with Crippen molar-refractivity contribution < 1.29 is 8.42 Å². The molecule has 1 aliphatic rings. The fourth-order valence-corrected chi connectivity index (χ4v) is 4.60. The first-order chi connectivity index (χ1) is 15.1. The van der Waals surface area contributed by atoms with Crippen molar-refractivity contribution >= 4 is 27.1 Å². The van der Waals surface area contributed by atoms with Crippen molar-refractivity contribution in [2.45, 2.75) is 44.4 Å². The molecule has 0 atom stereocenters. The van der Waals surface area contributed by atoms with Gasteiger partial charge in [0.1, 0.15) is 17.6 Å². The largest absolute Gasteiger partial charge is 0.283 e. The molecular formula is C24H25N5O2S. The monoisotopic (exact) mass is 447 g/mol. The van der Waals surface area contributed by atoms with E-state index in [1.807, 2.05) is 25.1 Å². The predicted octanol–water partition coefficient (Wildman–Crippen LogP) is 4.44. The van der Waals surface area contributed by atoms with Crippen LogP contribution in [-0.2, 0) is 15.4 Å². The van der Waals surface area contributed by atoms with Crippen LogP contribution in [0.5, 0.6) is 0 Å². The lowest BCUT2D eigenvalue weighted by Crippen LogP contribution is -2.17. The lowest BCUT2D eigenvalue weighted by atomic mass is 9.87. The SMILES string of the molecule is CC1=CC(c2cc3c(C#N)ccc(NS(=O)(=O)c4ccc(C(C)(C)C)cc4)n3n2)=NCC1. The Morgan fingerprint density at radius 2 is 1.84 bits per heavy atom. The number of nitrogens with zero attached hydrogens (tertiary/aromatic N) is 4. The second-order valence-electron chi connectivity index (χ2n) is 8.96. The molecule has 2 aromatic heterocycles. The van der Waals surface area contributed by atoms with Gasteiger partial charge in [0.25, 0.3) is 10.0 Å². The number of aromatic nitrogens is 2. The molecule has 3 aromatic rings. The van der Waals surface area contributed by atoms with Crippen LogP contribution in [0.2, 0.25) is 0 Å². The Morgan fingerprint density at radius 1 is 1.12 bits per heavy atom. The van der Waals surface area contributed by atoms with E-state index >= 15 is 0 Å². The van der Waals surface area contributed by atoms with E-state index in [1.54, 1.807) is 30.3 Å². The summed E-state index contributed by atoms with van der Waals surface area (Å²) < 4.78 is 30.2. The highest BCUT2D eigenvalue weighted by molar-refractivity contribution is 7.92. The van der Waals surface area contributed by atoms with E-state index in [4.69, 9.17) is 0 Å². The number of hydrogen-bond donors (Lipinski definition) is 1. The maximum atomic E-state index is 13.1. The summed E-state index contributed by atoms with van der Waals surface area (Å²) in [6, 6.07) is 13.9. The van der Waals surface area contributed by atoms with Gasteiger partial charge in [-0.3, -0.25) is 9.71 Å². The van der Waals surface area contributed by atoms with Gasteiger partial charge in [-0.1, -0.05) is 38.5 Å². The Kier molecular flexibility index (Phi) is 5.39. The Bertz CT molecular complexity index is 1400. The average molecular weight is 448 g/mol. The van der Waals surface area contributed by atoms with E-state index in [-0.39, 0.29) is 16.1 Å². The summed E-state index contributed by atoms with van der Waals surface area (Å²) in [5.41, 5.74) is 4.42. The number of anilines is 1. The number of fused-ring (bicyclic) bond motifs is 1. The molecule has 0 unspecified atom stereocenters. The number of dihydropyridines is 1. The number of pyridine rings is 1. The van der Waals surface area contributed by atoms with Crippen molar-refractivity contribution in [1.29, 1.82) is 5.26 Å². The molecule has 164 valence electrons. The van der Waals surface area contributed by atoms with Gasteiger partial charge >= 0.3 is 0 Å². The van der Waals surface area contributed by atoms with Crippen LogP contribution in [-0.4, -0.2) is 30.3 Å². The van der Waals surface area contributed by atoms with E-state index in [1.165, 1.54) is 10.1 Å². The van der Waals surface area contributed by atoms with Crippen LogP contribution in [0.15, 0.2) is 64.0 Å². The Morgan fingerprint density at radius 3 is 2.47 bits per heavy atom. The summed E-state index contributed by atoms with van der Waals surface area (Å²) in [4.78, 5) is 4.68. The van der Waals surface area contributed by atoms with Crippen molar-refractivity contribution in [3.63, 3.8) is 0 Å². The number of aliphatic imine (C=N–C) groups is 1. The fraction of sp³-hybridized carbons (Fsp3) is 0.292. The Balaban J connectivity index is 1.74. The first kappa shape index (κ1) is 21.8. The molecule has 32 heavy (non-hydrogen) atoms. The minimum Gasteiger partial charge on any atom is -0.283 e. The van der Waals surface area contributed by atoms with Gasteiger partial charge in [0.2, 0.25) is 0 Å². The second kappa shape index (κ2) is 7.92. The van der Waals surface area contributed by atoms with Crippen LogP contribution in [0.4, 0.5) is 5.82 Å². The van der Waals surface area contributed by atoms with E-state index in [0.717, 1.165) is 17.7 Å². The highest BCUT2D eigenvalue weighted by atomic mass is 32.2. The topological polar surface area (TPSA) is 99.6 Å². The number of nitrogens with one attached hydrogen (secondary N) is 1. The summed E-state index contributed by atoms with van der Waals surface area (Å²) >= 11 is 0. The van der Waals surface area contributed by atoms with Gasteiger partial charge in [0.15, 0.2) is 0 Å². The smallest absolute Gasteiger partial charge is 0.263 e. The van der Waals surface area contributed by atoms with Gasteiger partial charge < -0.3 is 0 Å². The normalized spacial score (nSPS) is 14.6. The van der Waals surface area contributed by atoms with Crippen LogP contribution in [0, 0.1) is 11.3 Å². The van der Waals surface area contributed by atoms with Crippen molar-refractivity contribution in [1.82, 2.24) is 9.61 Å². The van der Waals surface area contributed by atoms with Crippen LogP contribution in [0.3, 0.4) is 0 Å². The van der Waals surface area contributed by atoms with Crippen molar-refractivity contribution in [2.24, 2.45) is 4.99 Å². The molecule has 4 rings (SSSR count). The lowest BCUT2D eigenvalue weighted by Gasteiger charge is -2.19. The number of nitriles is 1.